The molecule has 0 saturated heterocycles. The molecule has 0 aliphatic heterocycles. The third-order valence-corrected chi connectivity index (χ3v) is 4.88. The number of nitrogens with two attached hydrogens (primary N) is 1. The predicted octanol–water partition coefficient (Wildman–Crippen LogP) is 3.65. The van der Waals surface area contributed by atoms with Crippen molar-refractivity contribution in [3.8, 4) is 0 Å². The van der Waals surface area contributed by atoms with Crippen molar-refractivity contribution in [2.75, 3.05) is 13.1 Å². The van der Waals surface area contributed by atoms with Gasteiger partial charge in [-0.25, -0.2) is 0 Å². The van der Waals surface area contributed by atoms with Crippen LogP contribution in [0.2, 0.25) is 0 Å². The Morgan fingerprint density at radius 1 is 1.11 bits per heavy atom. The molecule has 106 valence electrons. The molecule has 1 aliphatic rings. The minimum atomic E-state index is 0.135. The summed E-state index contributed by atoms with van der Waals surface area (Å²) in [4.78, 5) is 2.59. The number of rotatable bonds is 5. The maximum absolute atomic E-state index is 6.70. The van der Waals surface area contributed by atoms with Crippen LogP contribution in [0.3, 0.4) is 0 Å². The molecule has 1 aliphatic carbocycles. The van der Waals surface area contributed by atoms with Crippen molar-refractivity contribution in [2.24, 2.45) is 5.73 Å². The van der Waals surface area contributed by atoms with Crippen molar-refractivity contribution in [3.05, 3.63) is 35.4 Å². The molecule has 1 aromatic rings. The summed E-state index contributed by atoms with van der Waals surface area (Å²) in [5, 5.41) is 0. The number of nitrogens with zero attached hydrogens (tertiary/aromatic N) is 1. The maximum atomic E-state index is 6.70. The topological polar surface area (TPSA) is 29.3 Å². The van der Waals surface area contributed by atoms with E-state index in [-0.39, 0.29) is 11.6 Å². The van der Waals surface area contributed by atoms with Gasteiger partial charge in [-0.15, -0.1) is 0 Å². The van der Waals surface area contributed by atoms with E-state index in [1.807, 2.05) is 0 Å². The van der Waals surface area contributed by atoms with Crippen LogP contribution in [0.5, 0.6) is 0 Å². The second kappa shape index (κ2) is 6.06. The molecule has 0 aromatic heterocycles. The Hall–Kier alpha value is -0.860. The first-order valence-electron chi connectivity index (χ1n) is 7.71. The van der Waals surface area contributed by atoms with Crippen molar-refractivity contribution in [2.45, 2.75) is 58.0 Å². The van der Waals surface area contributed by atoms with Crippen molar-refractivity contribution >= 4 is 0 Å². The Morgan fingerprint density at radius 3 is 2.11 bits per heavy atom. The zero-order chi connectivity index (χ0) is 13.9. The summed E-state index contributed by atoms with van der Waals surface area (Å²) in [5.41, 5.74) is 9.47. The van der Waals surface area contributed by atoms with Gasteiger partial charge in [0.2, 0.25) is 0 Å². The Morgan fingerprint density at radius 2 is 1.63 bits per heavy atom. The molecule has 2 rings (SSSR count). The van der Waals surface area contributed by atoms with Gasteiger partial charge in [0, 0.05) is 11.6 Å². The fourth-order valence-corrected chi connectivity index (χ4v) is 3.75. The zero-order valence-electron chi connectivity index (χ0n) is 12.7. The van der Waals surface area contributed by atoms with E-state index >= 15 is 0 Å². The molecule has 1 aromatic carbocycles. The van der Waals surface area contributed by atoms with Gasteiger partial charge >= 0.3 is 0 Å². The Kier molecular flexibility index (Phi) is 4.64. The second-order valence-corrected chi connectivity index (χ2v) is 5.87. The summed E-state index contributed by atoms with van der Waals surface area (Å²) in [6.07, 6.45) is 5.11. The quantitative estimate of drug-likeness (QED) is 0.875. The monoisotopic (exact) mass is 260 g/mol. The summed E-state index contributed by atoms with van der Waals surface area (Å²) in [7, 11) is 0. The Bertz CT molecular complexity index is 386. The molecule has 0 amide bonds. The average molecular weight is 260 g/mol. The molecule has 0 heterocycles. The van der Waals surface area contributed by atoms with Crippen LogP contribution < -0.4 is 5.73 Å². The lowest BCUT2D eigenvalue weighted by molar-refractivity contribution is 0.0770. The van der Waals surface area contributed by atoms with Crippen molar-refractivity contribution < 1.29 is 0 Å². The summed E-state index contributed by atoms with van der Waals surface area (Å²) in [5.74, 6) is 0. The molecule has 1 saturated carbocycles. The predicted molar refractivity (Wildman–Crippen MR) is 82.2 cm³/mol. The van der Waals surface area contributed by atoms with Crippen LogP contribution in [0.1, 0.15) is 56.7 Å². The normalized spacial score (nSPS) is 19.8. The van der Waals surface area contributed by atoms with Gasteiger partial charge in [-0.3, -0.25) is 4.90 Å². The molecular weight excluding hydrogens is 232 g/mol. The van der Waals surface area contributed by atoms with E-state index in [1.165, 1.54) is 36.8 Å². The molecule has 2 N–H and O–H groups in total. The standard InChI is InChI=1S/C17H28N2/c1-4-19(5-2)17(12-6-7-13-17)16(18)15-10-8-14(3)9-11-15/h8-11,16H,4-7,12-13,18H2,1-3H3. The van der Waals surface area contributed by atoms with Crippen molar-refractivity contribution in [3.63, 3.8) is 0 Å². The lowest BCUT2D eigenvalue weighted by atomic mass is 9.82. The van der Waals surface area contributed by atoms with Crippen LogP contribution >= 0.6 is 0 Å². The molecule has 0 bridgehead atoms. The lowest BCUT2D eigenvalue weighted by Crippen LogP contribution is -2.53. The highest BCUT2D eigenvalue weighted by molar-refractivity contribution is 5.27. The van der Waals surface area contributed by atoms with Gasteiger partial charge in [0.05, 0.1) is 0 Å². The molecule has 0 spiro atoms. The summed E-state index contributed by atoms with van der Waals surface area (Å²) >= 11 is 0. The highest BCUT2D eigenvalue weighted by Crippen LogP contribution is 2.43. The summed E-state index contributed by atoms with van der Waals surface area (Å²) in [6, 6.07) is 8.92. The molecule has 2 nitrogen and oxygen atoms in total. The molecular formula is C17H28N2. The first kappa shape index (κ1) is 14.5. The van der Waals surface area contributed by atoms with Gasteiger partial charge < -0.3 is 5.73 Å². The average Bonchev–Trinajstić information content (AvgIpc) is 2.91. The summed E-state index contributed by atoms with van der Waals surface area (Å²) in [6.45, 7) is 8.83. The number of aryl methyl sites for hydroxylation is 1. The highest BCUT2D eigenvalue weighted by atomic mass is 15.2. The fraction of sp³-hybridized carbons (Fsp3) is 0.647. The van der Waals surface area contributed by atoms with Gasteiger partial charge in [-0.1, -0.05) is 56.5 Å². The van der Waals surface area contributed by atoms with Crippen LogP contribution in [0, 0.1) is 6.92 Å². The largest absolute Gasteiger partial charge is 0.322 e. The molecule has 0 radical (unpaired) electrons. The van der Waals surface area contributed by atoms with Crippen molar-refractivity contribution in [1.82, 2.24) is 4.90 Å². The molecule has 1 unspecified atom stereocenters. The maximum Gasteiger partial charge on any atom is 0.0482 e. The fourth-order valence-electron chi connectivity index (χ4n) is 3.75. The van der Waals surface area contributed by atoms with Gasteiger partial charge in [0.25, 0.3) is 0 Å². The van der Waals surface area contributed by atoms with Crippen molar-refractivity contribution in [1.29, 1.82) is 0 Å². The van der Waals surface area contributed by atoms with E-state index in [0.717, 1.165) is 13.1 Å². The van der Waals surface area contributed by atoms with E-state index in [9.17, 15) is 0 Å². The van der Waals surface area contributed by atoms with Gasteiger partial charge in [0.15, 0.2) is 0 Å². The van der Waals surface area contributed by atoms with Gasteiger partial charge in [0.1, 0.15) is 0 Å². The number of benzene rings is 1. The van der Waals surface area contributed by atoms with Crippen LogP contribution in [-0.4, -0.2) is 23.5 Å². The minimum absolute atomic E-state index is 0.135. The number of hydrogen-bond acceptors (Lipinski definition) is 2. The molecule has 1 atom stereocenters. The Labute approximate surface area is 118 Å². The van der Waals surface area contributed by atoms with Crippen LogP contribution in [0.4, 0.5) is 0 Å². The second-order valence-electron chi connectivity index (χ2n) is 5.87. The van der Waals surface area contributed by atoms with Gasteiger partial charge in [-0.05, 0) is 38.4 Å². The minimum Gasteiger partial charge on any atom is -0.322 e. The third kappa shape index (κ3) is 2.70. The van der Waals surface area contributed by atoms with Crippen LogP contribution in [0.15, 0.2) is 24.3 Å². The van der Waals surface area contributed by atoms with Crippen LogP contribution in [-0.2, 0) is 0 Å². The first-order valence-corrected chi connectivity index (χ1v) is 7.71. The smallest absolute Gasteiger partial charge is 0.0482 e. The van der Waals surface area contributed by atoms with E-state index in [2.05, 4.69) is 49.9 Å². The van der Waals surface area contributed by atoms with E-state index < -0.39 is 0 Å². The zero-order valence-corrected chi connectivity index (χ0v) is 12.7. The molecule has 19 heavy (non-hydrogen) atoms. The van der Waals surface area contributed by atoms with E-state index in [1.54, 1.807) is 0 Å². The molecule has 1 fully saturated rings. The Balaban J connectivity index is 2.30. The van der Waals surface area contributed by atoms with Crippen LogP contribution in [0.25, 0.3) is 0 Å². The first-order chi connectivity index (χ1) is 9.14. The lowest BCUT2D eigenvalue weighted by Gasteiger charge is -2.45. The van der Waals surface area contributed by atoms with Gasteiger partial charge in [-0.2, -0.15) is 0 Å². The molecule has 2 heteroatoms. The SMILES string of the molecule is CCN(CC)C1(C(N)c2ccc(C)cc2)CCCC1. The van der Waals surface area contributed by atoms with E-state index in [4.69, 9.17) is 5.73 Å². The highest BCUT2D eigenvalue weighted by Gasteiger charge is 2.43. The third-order valence-electron chi connectivity index (χ3n) is 4.88. The van der Waals surface area contributed by atoms with E-state index in [0.29, 0.717) is 0 Å². The number of hydrogen-bond donors (Lipinski definition) is 1. The summed E-state index contributed by atoms with van der Waals surface area (Å²) < 4.78 is 0. The number of likely N-dealkylation sites (N-methyl/N-ethyl adjacent to an activating group) is 1.